The molecule has 4 amide bonds. The van der Waals surface area contributed by atoms with Crippen molar-refractivity contribution in [3.63, 3.8) is 0 Å². The predicted molar refractivity (Wildman–Crippen MR) is 139 cm³/mol. The number of carbonyl (C=O) groups is 4. The van der Waals surface area contributed by atoms with Crippen molar-refractivity contribution in [1.29, 1.82) is 0 Å². The number of aromatic nitrogens is 1. The van der Waals surface area contributed by atoms with Crippen molar-refractivity contribution in [2.24, 2.45) is 0 Å². The SMILES string of the molecule is COC(=O)c1ccc(C)c(-n2c(C)cc(/C=C3/NC(=O)N(CC(=O)Nc4ccc(C)cc4)C3=O)c2C)c1. The van der Waals surface area contributed by atoms with E-state index in [0.717, 1.165) is 38.7 Å². The highest BCUT2D eigenvalue weighted by atomic mass is 16.5. The number of anilines is 1. The maximum Gasteiger partial charge on any atom is 0.337 e. The lowest BCUT2D eigenvalue weighted by Crippen LogP contribution is -2.38. The molecule has 9 heteroatoms. The van der Waals surface area contributed by atoms with E-state index < -0.39 is 30.4 Å². The Labute approximate surface area is 214 Å². The first-order valence-corrected chi connectivity index (χ1v) is 11.7. The second-order valence-corrected chi connectivity index (χ2v) is 8.95. The first-order valence-electron chi connectivity index (χ1n) is 11.7. The Morgan fingerprint density at radius 3 is 2.38 bits per heavy atom. The first kappa shape index (κ1) is 25.4. The molecular formula is C28H28N4O5. The van der Waals surface area contributed by atoms with Gasteiger partial charge in [0.1, 0.15) is 12.2 Å². The summed E-state index contributed by atoms with van der Waals surface area (Å²) < 4.78 is 6.82. The van der Waals surface area contributed by atoms with Gasteiger partial charge in [-0.1, -0.05) is 23.8 Å². The zero-order valence-corrected chi connectivity index (χ0v) is 21.3. The van der Waals surface area contributed by atoms with Crippen molar-refractivity contribution in [2.45, 2.75) is 27.7 Å². The van der Waals surface area contributed by atoms with Gasteiger partial charge in [0.2, 0.25) is 5.91 Å². The van der Waals surface area contributed by atoms with E-state index in [1.54, 1.807) is 30.3 Å². The molecule has 4 rings (SSSR count). The number of benzene rings is 2. The number of urea groups is 1. The van der Waals surface area contributed by atoms with Crippen molar-refractivity contribution in [2.75, 3.05) is 19.0 Å². The van der Waals surface area contributed by atoms with Gasteiger partial charge in [-0.15, -0.1) is 0 Å². The first-order chi connectivity index (χ1) is 17.6. The highest BCUT2D eigenvalue weighted by Crippen LogP contribution is 2.27. The normalized spacial score (nSPS) is 14.2. The van der Waals surface area contributed by atoms with Gasteiger partial charge in [-0.2, -0.15) is 0 Å². The van der Waals surface area contributed by atoms with Gasteiger partial charge in [0.15, 0.2) is 0 Å². The summed E-state index contributed by atoms with van der Waals surface area (Å²) in [7, 11) is 1.33. The summed E-state index contributed by atoms with van der Waals surface area (Å²) in [6.07, 6.45) is 1.59. The largest absolute Gasteiger partial charge is 0.465 e. The summed E-state index contributed by atoms with van der Waals surface area (Å²) in [5.74, 6) is -1.50. The van der Waals surface area contributed by atoms with E-state index in [9.17, 15) is 19.2 Å². The maximum absolute atomic E-state index is 13.0. The van der Waals surface area contributed by atoms with Crippen molar-refractivity contribution in [1.82, 2.24) is 14.8 Å². The van der Waals surface area contributed by atoms with E-state index in [-0.39, 0.29) is 5.70 Å². The minimum Gasteiger partial charge on any atom is -0.465 e. The molecule has 9 nitrogen and oxygen atoms in total. The van der Waals surface area contributed by atoms with E-state index in [1.807, 2.05) is 56.5 Å². The Balaban J connectivity index is 1.57. The number of amides is 4. The van der Waals surface area contributed by atoms with E-state index in [0.29, 0.717) is 11.3 Å². The van der Waals surface area contributed by atoms with E-state index in [1.165, 1.54) is 7.11 Å². The minimum absolute atomic E-state index is 0.0772. The summed E-state index contributed by atoms with van der Waals surface area (Å²) in [4.78, 5) is 50.8. The summed E-state index contributed by atoms with van der Waals surface area (Å²) in [5.41, 5.74) is 6.29. The fourth-order valence-electron chi connectivity index (χ4n) is 4.25. The lowest BCUT2D eigenvalue weighted by molar-refractivity contribution is -0.127. The van der Waals surface area contributed by atoms with Crippen LogP contribution in [-0.2, 0) is 14.3 Å². The number of imide groups is 1. The predicted octanol–water partition coefficient (Wildman–Crippen LogP) is 4.03. The summed E-state index contributed by atoms with van der Waals surface area (Å²) in [6, 6.07) is 13.8. The molecule has 1 aliphatic rings. The number of rotatable bonds is 6. The Kier molecular flexibility index (Phi) is 6.97. The van der Waals surface area contributed by atoms with Gasteiger partial charge in [0.25, 0.3) is 5.91 Å². The molecule has 190 valence electrons. The van der Waals surface area contributed by atoms with Gasteiger partial charge >= 0.3 is 12.0 Å². The smallest absolute Gasteiger partial charge is 0.337 e. The molecule has 0 saturated carbocycles. The Hall–Kier alpha value is -4.66. The third-order valence-corrected chi connectivity index (χ3v) is 6.24. The van der Waals surface area contributed by atoms with Crippen LogP contribution in [0.2, 0.25) is 0 Å². The molecule has 0 atom stereocenters. The fourth-order valence-corrected chi connectivity index (χ4v) is 4.25. The molecule has 0 radical (unpaired) electrons. The van der Waals surface area contributed by atoms with Gasteiger partial charge in [-0.25, -0.2) is 14.5 Å². The molecule has 0 spiro atoms. The molecular weight excluding hydrogens is 472 g/mol. The van der Waals surface area contributed by atoms with Crippen molar-refractivity contribution in [3.05, 3.63) is 87.9 Å². The van der Waals surface area contributed by atoms with Crippen LogP contribution in [0.5, 0.6) is 0 Å². The number of hydrogen-bond donors (Lipinski definition) is 2. The average Bonchev–Trinajstić information content (AvgIpc) is 3.29. The van der Waals surface area contributed by atoms with Crippen LogP contribution in [0.15, 0.2) is 54.2 Å². The molecule has 2 aromatic carbocycles. The van der Waals surface area contributed by atoms with Crippen molar-refractivity contribution < 1.29 is 23.9 Å². The molecule has 0 aliphatic carbocycles. The standard InChI is InChI=1S/C28H28N4O5/c1-16-6-10-22(11-7-16)29-25(33)15-31-26(34)23(30-28(31)36)13-21-12-18(3)32(19(21)4)24-14-20(27(35)37-5)9-8-17(24)2/h6-14H,15H2,1-5H3,(H,29,33)(H,30,36)/b23-13+. The number of methoxy groups -OCH3 is 1. The van der Waals surface area contributed by atoms with Crippen LogP contribution in [-0.4, -0.2) is 46.9 Å². The van der Waals surface area contributed by atoms with Crippen molar-refractivity contribution >= 4 is 35.6 Å². The topological polar surface area (TPSA) is 110 Å². The van der Waals surface area contributed by atoms with Gasteiger partial charge in [0, 0.05) is 22.8 Å². The van der Waals surface area contributed by atoms with E-state index >= 15 is 0 Å². The van der Waals surface area contributed by atoms with Crippen LogP contribution in [0.4, 0.5) is 10.5 Å². The van der Waals surface area contributed by atoms with Crippen molar-refractivity contribution in [3.8, 4) is 5.69 Å². The lowest BCUT2D eigenvalue weighted by Gasteiger charge is -2.14. The average molecular weight is 501 g/mol. The molecule has 2 heterocycles. The third kappa shape index (κ3) is 5.16. The van der Waals surface area contributed by atoms with Crippen LogP contribution in [0.3, 0.4) is 0 Å². The number of carbonyl (C=O) groups excluding carboxylic acids is 4. The summed E-state index contributed by atoms with van der Waals surface area (Å²) >= 11 is 0. The molecule has 1 aliphatic heterocycles. The molecule has 3 aromatic rings. The van der Waals surface area contributed by atoms with Gasteiger partial charge in [0.05, 0.1) is 12.7 Å². The Bertz CT molecular complexity index is 1450. The van der Waals surface area contributed by atoms with Crippen LogP contribution in [0, 0.1) is 27.7 Å². The number of ether oxygens (including phenoxy) is 1. The van der Waals surface area contributed by atoms with Crippen LogP contribution < -0.4 is 10.6 Å². The number of nitrogens with zero attached hydrogens (tertiary/aromatic N) is 2. The van der Waals surface area contributed by atoms with Gasteiger partial charge in [-0.3, -0.25) is 9.59 Å². The lowest BCUT2D eigenvalue weighted by atomic mass is 10.1. The monoisotopic (exact) mass is 500 g/mol. The van der Waals surface area contributed by atoms with Crippen LogP contribution >= 0.6 is 0 Å². The molecule has 2 N–H and O–H groups in total. The molecule has 1 saturated heterocycles. The minimum atomic E-state index is -0.661. The summed E-state index contributed by atoms with van der Waals surface area (Å²) in [5, 5.41) is 5.26. The molecule has 1 fully saturated rings. The third-order valence-electron chi connectivity index (χ3n) is 6.24. The number of nitrogens with one attached hydrogen (secondary N) is 2. The second kappa shape index (κ2) is 10.1. The second-order valence-electron chi connectivity index (χ2n) is 8.95. The molecule has 0 bridgehead atoms. The number of esters is 1. The molecule has 0 unspecified atom stereocenters. The highest BCUT2D eigenvalue weighted by Gasteiger charge is 2.35. The number of hydrogen-bond acceptors (Lipinski definition) is 5. The summed E-state index contributed by atoms with van der Waals surface area (Å²) in [6.45, 7) is 7.26. The van der Waals surface area contributed by atoms with Gasteiger partial charge < -0.3 is 19.9 Å². The Morgan fingerprint density at radius 2 is 1.70 bits per heavy atom. The van der Waals surface area contributed by atoms with Crippen LogP contribution in [0.1, 0.15) is 38.4 Å². The number of aryl methyl sites for hydroxylation is 3. The zero-order chi connectivity index (χ0) is 26.9. The Morgan fingerprint density at radius 1 is 1.00 bits per heavy atom. The van der Waals surface area contributed by atoms with E-state index in [4.69, 9.17) is 4.74 Å². The quantitative estimate of drug-likeness (QED) is 0.302. The van der Waals surface area contributed by atoms with Gasteiger partial charge in [-0.05, 0) is 75.2 Å². The highest BCUT2D eigenvalue weighted by molar-refractivity contribution is 6.16. The molecule has 37 heavy (non-hydrogen) atoms. The van der Waals surface area contributed by atoms with Crippen LogP contribution in [0.25, 0.3) is 11.8 Å². The fraction of sp³-hybridized carbons (Fsp3) is 0.214. The maximum atomic E-state index is 13.0. The molecule has 1 aromatic heterocycles. The zero-order valence-electron chi connectivity index (χ0n) is 21.3. The van der Waals surface area contributed by atoms with E-state index in [2.05, 4.69) is 10.6 Å².